The van der Waals surface area contributed by atoms with Gasteiger partial charge in [0.15, 0.2) is 5.36 Å². The number of aromatic nitrogens is 2. The van der Waals surface area contributed by atoms with E-state index in [9.17, 15) is 4.79 Å². The summed E-state index contributed by atoms with van der Waals surface area (Å²) in [6.45, 7) is 3.35. The maximum Gasteiger partial charge on any atom is 0.347 e. The van der Waals surface area contributed by atoms with E-state index in [1.165, 1.54) is 0 Å². The van der Waals surface area contributed by atoms with E-state index in [0.29, 0.717) is 5.36 Å². The lowest BCUT2D eigenvalue weighted by Crippen LogP contribution is -2.17. The van der Waals surface area contributed by atoms with Crippen molar-refractivity contribution in [1.82, 2.24) is 9.38 Å². The average Bonchev–Trinajstić information content (AvgIpc) is 3.07. The quantitative estimate of drug-likeness (QED) is 0.425. The van der Waals surface area contributed by atoms with Gasteiger partial charge in [0.1, 0.15) is 5.52 Å². The molecule has 3 aromatic heterocycles. The normalized spacial score (nSPS) is 12.5. The smallest absolute Gasteiger partial charge is 0.347 e. The molecule has 0 aliphatic heterocycles. The van der Waals surface area contributed by atoms with Crippen LogP contribution in [-0.2, 0) is 14.4 Å². The zero-order valence-electron chi connectivity index (χ0n) is 14.0. The van der Waals surface area contributed by atoms with Crippen LogP contribution in [0.2, 0.25) is 0 Å². The van der Waals surface area contributed by atoms with Crippen molar-refractivity contribution in [2.24, 2.45) is 5.16 Å². The van der Waals surface area contributed by atoms with Crippen LogP contribution in [0.1, 0.15) is 13.8 Å². The molecule has 0 radical (unpaired) electrons. The van der Waals surface area contributed by atoms with Crippen molar-refractivity contribution in [2.45, 2.75) is 20.0 Å². The van der Waals surface area contributed by atoms with Gasteiger partial charge in [-0.05, 0) is 43.5 Å². The molecule has 0 amide bonds. The SMILES string of the molecule is CC(C)OC(=O)CO/N=c1/c2nccc3cccc(c32)n2cccc12. The van der Waals surface area contributed by atoms with E-state index in [1.54, 1.807) is 20.0 Å². The molecule has 0 bridgehead atoms. The fourth-order valence-corrected chi connectivity index (χ4v) is 3.03. The number of ether oxygens (including phenoxy) is 1. The second kappa shape index (κ2) is 6.05. The second-order valence-electron chi connectivity index (χ2n) is 6.05. The van der Waals surface area contributed by atoms with Crippen LogP contribution in [0.25, 0.3) is 27.3 Å². The molecular weight excluding hydrogens is 318 g/mol. The maximum absolute atomic E-state index is 11.6. The van der Waals surface area contributed by atoms with Gasteiger partial charge in [-0.3, -0.25) is 4.98 Å². The van der Waals surface area contributed by atoms with E-state index in [-0.39, 0.29) is 12.7 Å². The Labute approximate surface area is 143 Å². The number of fused-ring (bicyclic) bond motifs is 2. The summed E-state index contributed by atoms with van der Waals surface area (Å²) in [4.78, 5) is 21.4. The highest BCUT2D eigenvalue weighted by molar-refractivity contribution is 6.08. The Morgan fingerprint density at radius 2 is 2.04 bits per heavy atom. The average molecular weight is 335 g/mol. The Hall–Kier alpha value is -3.15. The van der Waals surface area contributed by atoms with Gasteiger partial charge in [-0.1, -0.05) is 17.3 Å². The van der Waals surface area contributed by atoms with Gasteiger partial charge in [-0.2, -0.15) is 0 Å². The van der Waals surface area contributed by atoms with Gasteiger partial charge in [0, 0.05) is 17.8 Å². The van der Waals surface area contributed by atoms with Crippen LogP contribution < -0.4 is 5.36 Å². The minimum absolute atomic E-state index is 0.182. The van der Waals surface area contributed by atoms with E-state index in [4.69, 9.17) is 9.57 Å². The number of carbonyl (C=O) groups excluding carboxylic acids is 1. The summed E-state index contributed by atoms with van der Waals surface area (Å²) in [5.74, 6) is -0.447. The molecular formula is C19H17N3O3. The van der Waals surface area contributed by atoms with E-state index < -0.39 is 5.97 Å². The predicted octanol–water partition coefficient (Wildman–Crippen LogP) is 2.86. The van der Waals surface area contributed by atoms with Crippen LogP contribution >= 0.6 is 0 Å². The number of nitrogens with zero attached hydrogens (tertiary/aromatic N) is 3. The first kappa shape index (κ1) is 15.4. The van der Waals surface area contributed by atoms with Crippen molar-refractivity contribution < 1.29 is 14.4 Å². The molecule has 25 heavy (non-hydrogen) atoms. The summed E-state index contributed by atoms with van der Waals surface area (Å²) in [6.07, 6.45) is 3.54. The first-order valence-corrected chi connectivity index (χ1v) is 8.11. The van der Waals surface area contributed by atoms with Crippen molar-refractivity contribution in [3.05, 3.63) is 54.1 Å². The maximum atomic E-state index is 11.6. The first-order valence-electron chi connectivity index (χ1n) is 8.11. The molecule has 126 valence electrons. The number of carbonyl (C=O) groups is 1. The number of benzene rings is 1. The van der Waals surface area contributed by atoms with Gasteiger partial charge in [-0.15, -0.1) is 0 Å². The molecule has 0 aliphatic rings. The lowest BCUT2D eigenvalue weighted by atomic mass is 10.1. The van der Waals surface area contributed by atoms with E-state index in [1.807, 2.05) is 40.9 Å². The number of esters is 1. The van der Waals surface area contributed by atoms with Crippen molar-refractivity contribution in [1.29, 1.82) is 0 Å². The predicted molar refractivity (Wildman–Crippen MR) is 94.1 cm³/mol. The highest BCUT2D eigenvalue weighted by Gasteiger charge is 2.12. The Morgan fingerprint density at radius 1 is 1.20 bits per heavy atom. The lowest BCUT2D eigenvalue weighted by molar-refractivity contribution is -0.152. The summed E-state index contributed by atoms with van der Waals surface area (Å²) in [6, 6.07) is 12.0. The zero-order valence-corrected chi connectivity index (χ0v) is 14.0. The molecule has 0 spiro atoms. The monoisotopic (exact) mass is 335 g/mol. The van der Waals surface area contributed by atoms with Crippen LogP contribution in [-0.4, -0.2) is 28.1 Å². The van der Waals surface area contributed by atoms with Crippen molar-refractivity contribution in [3.8, 4) is 0 Å². The lowest BCUT2D eigenvalue weighted by Gasteiger charge is -2.09. The standard InChI is InChI=1S/C19H17N3O3/c1-12(2)25-16(23)11-24-21-18-15-7-4-10-22(15)14-6-3-5-13-8-9-20-19(18)17(13)14/h3-10,12H,11H2,1-2H3/b21-18+. The third-order valence-corrected chi connectivity index (χ3v) is 3.95. The highest BCUT2D eigenvalue weighted by atomic mass is 16.7. The molecule has 6 nitrogen and oxygen atoms in total. The molecule has 0 atom stereocenters. The van der Waals surface area contributed by atoms with Crippen LogP contribution in [0.15, 0.2) is 53.9 Å². The van der Waals surface area contributed by atoms with Gasteiger partial charge in [0.2, 0.25) is 6.61 Å². The fourth-order valence-electron chi connectivity index (χ4n) is 3.03. The molecule has 3 heterocycles. The number of rotatable bonds is 4. The zero-order chi connectivity index (χ0) is 17.4. The van der Waals surface area contributed by atoms with Crippen molar-refractivity contribution in [2.75, 3.05) is 6.61 Å². The molecule has 1 aromatic carbocycles. The Morgan fingerprint density at radius 3 is 2.88 bits per heavy atom. The van der Waals surface area contributed by atoms with Crippen molar-refractivity contribution in [3.63, 3.8) is 0 Å². The largest absolute Gasteiger partial charge is 0.460 e. The topological polar surface area (TPSA) is 65.2 Å². The van der Waals surface area contributed by atoms with Gasteiger partial charge >= 0.3 is 5.97 Å². The van der Waals surface area contributed by atoms with Crippen LogP contribution in [0.4, 0.5) is 0 Å². The van der Waals surface area contributed by atoms with Crippen molar-refractivity contribution >= 4 is 33.3 Å². The number of hydrogen-bond acceptors (Lipinski definition) is 5. The minimum atomic E-state index is -0.447. The molecule has 4 aromatic rings. The molecule has 0 saturated carbocycles. The summed E-state index contributed by atoms with van der Waals surface area (Å²) in [5.41, 5.74) is 2.67. The Bertz CT molecular complexity index is 1130. The first-order chi connectivity index (χ1) is 12.1. The van der Waals surface area contributed by atoms with E-state index in [2.05, 4.69) is 16.2 Å². The molecule has 6 heteroatoms. The molecule has 0 N–H and O–H groups in total. The van der Waals surface area contributed by atoms with E-state index in [0.717, 1.165) is 27.3 Å². The molecule has 4 rings (SSSR count). The molecule has 0 saturated heterocycles. The van der Waals surface area contributed by atoms with Crippen LogP contribution in [0.5, 0.6) is 0 Å². The third-order valence-electron chi connectivity index (χ3n) is 3.95. The summed E-state index contributed by atoms with van der Waals surface area (Å²) < 4.78 is 7.10. The summed E-state index contributed by atoms with van der Waals surface area (Å²) in [7, 11) is 0. The minimum Gasteiger partial charge on any atom is -0.460 e. The van der Waals surface area contributed by atoms with Gasteiger partial charge in [0.25, 0.3) is 0 Å². The van der Waals surface area contributed by atoms with Gasteiger partial charge in [-0.25, -0.2) is 4.79 Å². The Kier molecular flexibility index (Phi) is 3.72. The highest BCUT2D eigenvalue weighted by Crippen LogP contribution is 2.24. The second-order valence-corrected chi connectivity index (χ2v) is 6.05. The van der Waals surface area contributed by atoms with Gasteiger partial charge in [0.05, 0.1) is 17.1 Å². The third kappa shape index (κ3) is 2.65. The fraction of sp³-hybridized carbons (Fsp3) is 0.211. The molecule has 0 aliphatic carbocycles. The van der Waals surface area contributed by atoms with Crippen LogP contribution in [0.3, 0.4) is 0 Å². The number of pyridine rings is 2. The number of hydrogen-bond donors (Lipinski definition) is 0. The Balaban J connectivity index is 1.87. The molecule has 0 unspecified atom stereocenters. The summed E-state index contributed by atoms with van der Waals surface area (Å²) >= 11 is 0. The summed E-state index contributed by atoms with van der Waals surface area (Å²) in [5, 5.41) is 6.90. The van der Waals surface area contributed by atoms with Crippen LogP contribution in [0, 0.1) is 0 Å². The van der Waals surface area contributed by atoms with E-state index >= 15 is 0 Å². The molecule has 0 fully saturated rings. The van der Waals surface area contributed by atoms with Gasteiger partial charge < -0.3 is 14.0 Å².